The Morgan fingerprint density at radius 2 is 1.59 bits per heavy atom. The van der Waals surface area contributed by atoms with Gasteiger partial charge in [0.25, 0.3) is 0 Å². The summed E-state index contributed by atoms with van der Waals surface area (Å²) in [6.45, 7) is 5.38. The van der Waals surface area contributed by atoms with Gasteiger partial charge in [0.2, 0.25) is 11.8 Å². The van der Waals surface area contributed by atoms with E-state index >= 15 is 0 Å². The summed E-state index contributed by atoms with van der Waals surface area (Å²) in [7, 11) is 0. The second-order valence-corrected chi connectivity index (χ2v) is 5.47. The topological polar surface area (TPSA) is 120 Å². The Labute approximate surface area is 156 Å². The largest absolute Gasteiger partial charge is 0.462 e. The van der Waals surface area contributed by atoms with Gasteiger partial charge in [0.15, 0.2) is 0 Å². The summed E-state index contributed by atoms with van der Waals surface area (Å²) in [5.41, 5.74) is 1.39. The van der Waals surface area contributed by atoms with Gasteiger partial charge in [0, 0.05) is 11.8 Å². The summed E-state index contributed by atoms with van der Waals surface area (Å²) in [5.74, 6) is -1.31. The van der Waals surface area contributed by atoms with Gasteiger partial charge in [-0.3, -0.25) is 10.1 Å². The number of carbonyl (C=O) groups is 3. The Morgan fingerprint density at radius 1 is 1.00 bits per heavy atom. The lowest BCUT2D eigenvalue weighted by molar-refractivity contribution is -0.114. The number of hydrogen-bond donors (Lipinski definition) is 2. The second-order valence-electron chi connectivity index (χ2n) is 5.47. The van der Waals surface area contributed by atoms with Crippen LogP contribution >= 0.6 is 0 Å². The molecule has 0 unspecified atom stereocenters. The standard InChI is InChI=1S/C18H21N3O6/c1-4-25-17(23)12-7-13(18(24)26-5-2)9-14(8-12)19-10-15(22)20-16-6-11(3)21-27-16/h6-9,19H,4-5,10H2,1-3H3,(H,20,22). The summed E-state index contributed by atoms with van der Waals surface area (Å²) in [5, 5.41) is 9.06. The Hall–Kier alpha value is -3.36. The number of anilines is 2. The number of benzene rings is 1. The monoisotopic (exact) mass is 375 g/mol. The van der Waals surface area contributed by atoms with Crippen molar-refractivity contribution in [2.75, 3.05) is 30.4 Å². The highest BCUT2D eigenvalue weighted by Gasteiger charge is 2.15. The molecule has 0 spiro atoms. The molecule has 1 amide bonds. The lowest BCUT2D eigenvalue weighted by Crippen LogP contribution is -2.22. The number of carbonyl (C=O) groups excluding carboxylic acids is 3. The van der Waals surface area contributed by atoms with Crippen molar-refractivity contribution in [2.45, 2.75) is 20.8 Å². The summed E-state index contributed by atoms with van der Waals surface area (Å²) in [6, 6.07) is 5.95. The van der Waals surface area contributed by atoms with Crippen molar-refractivity contribution in [1.82, 2.24) is 5.16 Å². The van der Waals surface area contributed by atoms with Crippen molar-refractivity contribution < 1.29 is 28.4 Å². The van der Waals surface area contributed by atoms with Crippen LogP contribution in [0.5, 0.6) is 0 Å². The highest BCUT2D eigenvalue weighted by Crippen LogP contribution is 2.17. The van der Waals surface area contributed by atoms with E-state index in [2.05, 4.69) is 15.8 Å². The molecule has 9 heteroatoms. The van der Waals surface area contributed by atoms with Crippen molar-refractivity contribution in [2.24, 2.45) is 0 Å². The number of aryl methyl sites for hydroxylation is 1. The first-order valence-corrected chi connectivity index (χ1v) is 8.39. The first-order valence-electron chi connectivity index (χ1n) is 8.39. The van der Waals surface area contributed by atoms with Crippen LogP contribution in [0.15, 0.2) is 28.8 Å². The highest BCUT2D eigenvalue weighted by molar-refractivity contribution is 5.98. The molecular formula is C18H21N3O6. The first kappa shape index (κ1) is 20.0. The summed E-state index contributed by atoms with van der Waals surface area (Å²) in [4.78, 5) is 36.0. The maximum Gasteiger partial charge on any atom is 0.338 e. The van der Waals surface area contributed by atoms with Crippen LogP contribution in [0.25, 0.3) is 0 Å². The van der Waals surface area contributed by atoms with E-state index in [0.29, 0.717) is 11.4 Å². The molecule has 1 heterocycles. The Morgan fingerprint density at radius 3 is 2.07 bits per heavy atom. The minimum Gasteiger partial charge on any atom is -0.462 e. The third kappa shape index (κ3) is 5.84. The average molecular weight is 375 g/mol. The van der Waals surface area contributed by atoms with Gasteiger partial charge in [-0.2, -0.15) is 0 Å². The fourth-order valence-electron chi connectivity index (χ4n) is 2.18. The zero-order chi connectivity index (χ0) is 19.8. The number of aromatic nitrogens is 1. The Balaban J connectivity index is 2.12. The zero-order valence-electron chi connectivity index (χ0n) is 15.3. The average Bonchev–Trinajstić information content (AvgIpc) is 3.05. The molecule has 1 aromatic carbocycles. The summed E-state index contributed by atoms with van der Waals surface area (Å²) < 4.78 is 14.8. The molecule has 0 radical (unpaired) electrons. The normalized spacial score (nSPS) is 10.2. The number of ether oxygens (including phenoxy) is 2. The lowest BCUT2D eigenvalue weighted by Gasteiger charge is -2.11. The summed E-state index contributed by atoms with van der Waals surface area (Å²) >= 11 is 0. The molecule has 2 N–H and O–H groups in total. The molecule has 27 heavy (non-hydrogen) atoms. The SMILES string of the molecule is CCOC(=O)c1cc(NCC(=O)Nc2cc(C)no2)cc(C(=O)OCC)c1. The first-order chi connectivity index (χ1) is 12.9. The van der Waals surface area contributed by atoms with Gasteiger partial charge in [-0.25, -0.2) is 9.59 Å². The molecule has 0 fully saturated rings. The van der Waals surface area contributed by atoms with E-state index < -0.39 is 11.9 Å². The van der Waals surface area contributed by atoms with Gasteiger partial charge in [0.05, 0.1) is 36.6 Å². The smallest absolute Gasteiger partial charge is 0.338 e. The Kier molecular flexibility index (Phi) is 6.93. The third-order valence-corrected chi connectivity index (χ3v) is 3.30. The molecule has 1 aromatic heterocycles. The van der Waals surface area contributed by atoms with Gasteiger partial charge < -0.3 is 19.3 Å². The highest BCUT2D eigenvalue weighted by atomic mass is 16.5. The minimum atomic E-state index is -0.576. The van der Waals surface area contributed by atoms with Crippen LogP contribution in [0.1, 0.15) is 40.3 Å². The number of nitrogens with zero attached hydrogens (tertiary/aromatic N) is 1. The third-order valence-electron chi connectivity index (χ3n) is 3.30. The molecule has 144 valence electrons. The predicted molar refractivity (Wildman–Crippen MR) is 96.7 cm³/mol. The van der Waals surface area contributed by atoms with Crippen LogP contribution in [0.3, 0.4) is 0 Å². The van der Waals surface area contributed by atoms with Crippen LogP contribution in [-0.2, 0) is 14.3 Å². The molecule has 0 aliphatic rings. The molecule has 0 aliphatic carbocycles. The van der Waals surface area contributed by atoms with Crippen molar-refractivity contribution in [3.8, 4) is 0 Å². The van der Waals surface area contributed by atoms with Crippen LogP contribution in [0.4, 0.5) is 11.6 Å². The number of nitrogens with one attached hydrogen (secondary N) is 2. The van der Waals surface area contributed by atoms with Gasteiger partial charge in [-0.1, -0.05) is 5.16 Å². The van der Waals surface area contributed by atoms with Gasteiger partial charge in [-0.15, -0.1) is 0 Å². The van der Waals surface area contributed by atoms with Crippen molar-refractivity contribution in [3.05, 3.63) is 41.1 Å². The number of rotatable bonds is 8. The van der Waals surface area contributed by atoms with E-state index in [4.69, 9.17) is 14.0 Å². The van der Waals surface area contributed by atoms with Crippen molar-refractivity contribution in [1.29, 1.82) is 0 Å². The van der Waals surface area contributed by atoms with E-state index in [9.17, 15) is 14.4 Å². The zero-order valence-corrected chi connectivity index (χ0v) is 15.3. The summed E-state index contributed by atoms with van der Waals surface area (Å²) in [6.07, 6.45) is 0. The quantitative estimate of drug-likeness (QED) is 0.675. The molecule has 9 nitrogen and oxygen atoms in total. The van der Waals surface area contributed by atoms with Gasteiger partial charge in [0.1, 0.15) is 0 Å². The van der Waals surface area contributed by atoms with Crippen molar-refractivity contribution >= 4 is 29.4 Å². The molecule has 2 rings (SSSR count). The maximum atomic E-state index is 12.0. The number of hydrogen-bond acceptors (Lipinski definition) is 8. The van der Waals surface area contributed by atoms with E-state index in [1.54, 1.807) is 26.8 Å². The van der Waals surface area contributed by atoms with E-state index in [-0.39, 0.29) is 42.7 Å². The minimum absolute atomic E-state index is 0.117. The molecule has 2 aromatic rings. The molecular weight excluding hydrogens is 354 g/mol. The molecule has 0 bridgehead atoms. The maximum absolute atomic E-state index is 12.0. The van der Waals surface area contributed by atoms with Crippen LogP contribution in [0, 0.1) is 6.92 Å². The fraction of sp³-hybridized carbons (Fsp3) is 0.333. The van der Waals surface area contributed by atoms with Gasteiger partial charge >= 0.3 is 11.9 Å². The Bertz CT molecular complexity index is 794. The molecule has 0 saturated carbocycles. The van der Waals surface area contributed by atoms with Crippen molar-refractivity contribution in [3.63, 3.8) is 0 Å². The van der Waals surface area contributed by atoms with Crippen LogP contribution in [-0.4, -0.2) is 42.8 Å². The molecule has 0 saturated heterocycles. The molecule has 0 aliphatic heterocycles. The van der Waals surface area contributed by atoms with Crippen LogP contribution < -0.4 is 10.6 Å². The number of amides is 1. The number of esters is 2. The molecule has 0 atom stereocenters. The lowest BCUT2D eigenvalue weighted by atomic mass is 10.1. The van der Waals surface area contributed by atoms with Crippen LogP contribution in [0.2, 0.25) is 0 Å². The van der Waals surface area contributed by atoms with E-state index in [1.807, 2.05) is 0 Å². The van der Waals surface area contributed by atoms with Gasteiger partial charge in [-0.05, 0) is 39.0 Å². The second kappa shape index (κ2) is 9.37. The fourth-order valence-corrected chi connectivity index (χ4v) is 2.18. The van der Waals surface area contributed by atoms with E-state index in [1.165, 1.54) is 18.2 Å². The predicted octanol–water partition coefficient (Wildman–Crippen LogP) is 2.39. The van der Waals surface area contributed by atoms with E-state index in [0.717, 1.165) is 0 Å².